The highest BCUT2D eigenvalue weighted by molar-refractivity contribution is 5.92. The van der Waals surface area contributed by atoms with E-state index in [1.807, 2.05) is 0 Å². The molecule has 0 aliphatic rings. The molecule has 0 heterocycles. The standard InChI is InChI=1S/C12H12N2O3/c1-2-9-13-12(15)8-7-10-5-3-4-6-11(10)14(16)17/h2-8H,1,9H2,(H,13,15)/b8-7+. The lowest BCUT2D eigenvalue weighted by molar-refractivity contribution is -0.385. The number of nitrogens with one attached hydrogen (secondary N) is 1. The zero-order valence-corrected chi connectivity index (χ0v) is 9.13. The summed E-state index contributed by atoms with van der Waals surface area (Å²) < 4.78 is 0. The van der Waals surface area contributed by atoms with Gasteiger partial charge in [0.05, 0.1) is 10.5 Å². The van der Waals surface area contributed by atoms with Gasteiger partial charge in [-0.05, 0) is 12.1 Å². The van der Waals surface area contributed by atoms with E-state index in [4.69, 9.17) is 0 Å². The molecule has 0 aliphatic heterocycles. The van der Waals surface area contributed by atoms with E-state index in [0.717, 1.165) is 0 Å². The van der Waals surface area contributed by atoms with E-state index in [9.17, 15) is 14.9 Å². The number of nitrogens with zero attached hydrogens (tertiary/aromatic N) is 1. The fourth-order valence-corrected chi connectivity index (χ4v) is 1.19. The predicted octanol–water partition coefficient (Wildman–Crippen LogP) is 1.91. The number of nitro groups is 1. The molecule has 0 saturated heterocycles. The van der Waals surface area contributed by atoms with E-state index < -0.39 is 4.92 Å². The molecule has 1 rings (SSSR count). The molecule has 0 radical (unpaired) electrons. The first-order chi connectivity index (χ1) is 8.15. The van der Waals surface area contributed by atoms with Gasteiger partial charge in [0.2, 0.25) is 5.91 Å². The number of benzene rings is 1. The molecule has 17 heavy (non-hydrogen) atoms. The van der Waals surface area contributed by atoms with Crippen LogP contribution in [0.25, 0.3) is 6.08 Å². The third-order valence-electron chi connectivity index (χ3n) is 1.97. The lowest BCUT2D eigenvalue weighted by atomic mass is 10.1. The van der Waals surface area contributed by atoms with E-state index >= 15 is 0 Å². The van der Waals surface area contributed by atoms with Gasteiger partial charge < -0.3 is 5.32 Å². The molecule has 0 aliphatic carbocycles. The minimum Gasteiger partial charge on any atom is -0.349 e. The van der Waals surface area contributed by atoms with Crippen LogP contribution in [0, 0.1) is 10.1 Å². The van der Waals surface area contributed by atoms with Gasteiger partial charge in [0, 0.05) is 18.7 Å². The molecule has 1 N–H and O–H groups in total. The van der Waals surface area contributed by atoms with Crippen molar-refractivity contribution >= 4 is 17.7 Å². The largest absolute Gasteiger partial charge is 0.349 e. The first-order valence-corrected chi connectivity index (χ1v) is 4.95. The molecule has 0 aromatic heterocycles. The van der Waals surface area contributed by atoms with Crippen LogP contribution >= 0.6 is 0 Å². The van der Waals surface area contributed by atoms with Gasteiger partial charge in [-0.2, -0.15) is 0 Å². The van der Waals surface area contributed by atoms with Crippen LogP contribution in [-0.2, 0) is 4.79 Å². The van der Waals surface area contributed by atoms with Gasteiger partial charge in [-0.1, -0.05) is 18.2 Å². The fraction of sp³-hybridized carbons (Fsp3) is 0.0833. The van der Waals surface area contributed by atoms with Crippen LogP contribution < -0.4 is 5.32 Å². The minimum atomic E-state index is -0.485. The Labute approximate surface area is 98.6 Å². The molecule has 1 aromatic carbocycles. The summed E-state index contributed by atoms with van der Waals surface area (Å²) in [5.41, 5.74) is 0.367. The molecule has 0 fully saturated rings. The summed E-state index contributed by atoms with van der Waals surface area (Å²) in [5, 5.41) is 13.2. The summed E-state index contributed by atoms with van der Waals surface area (Å²) in [6.07, 6.45) is 4.22. The molecule has 1 aromatic rings. The topological polar surface area (TPSA) is 72.2 Å². The molecule has 1 amide bonds. The predicted molar refractivity (Wildman–Crippen MR) is 65.3 cm³/mol. The van der Waals surface area contributed by atoms with E-state index in [1.165, 1.54) is 18.2 Å². The second kappa shape index (κ2) is 6.22. The maximum Gasteiger partial charge on any atom is 0.276 e. The first kappa shape index (κ1) is 12.6. The third kappa shape index (κ3) is 3.90. The zero-order chi connectivity index (χ0) is 12.7. The van der Waals surface area contributed by atoms with Crippen molar-refractivity contribution in [1.82, 2.24) is 5.32 Å². The van der Waals surface area contributed by atoms with Gasteiger partial charge in [0.1, 0.15) is 0 Å². The number of rotatable bonds is 5. The lowest BCUT2D eigenvalue weighted by Gasteiger charge is -1.97. The molecule has 0 spiro atoms. The number of hydrogen-bond acceptors (Lipinski definition) is 3. The Morgan fingerprint density at radius 1 is 1.47 bits per heavy atom. The molecule has 0 unspecified atom stereocenters. The number of carbonyl (C=O) groups excluding carboxylic acids is 1. The Balaban J connectivity index is 2.80. The van der Waals surface area contributed by atoms with E-state index in [0.29, 0.717) is 12.1 Å². The Bertz CT molecular complexity index is 467. The molecular weight excluding hydrogens is 220 g/mol. The van der Waals surface area contributed by atoms with Gasteiger partial charge in [0.15, 0.2) is 0 Å². The summed E-state index contributed by atoms with van der Waals surface area (Å²) in [4.78, 5) is 21.5. The zero-order valence-electron chi connectivity index (χ0n) is 9.13. The molecule has 0 saturated carbocycles. The Kier molecular flexibility index (Phi) is 4.62. The number of para-hydroxylation sites is 1. The van der Waals surface area contributed by atoms with Crippen molar-refractivity contribution in [2.75, 3.05) is 6.54 Å². The molecule has 5 heteroatoms. The number of nitro benzene ring substituents is 1. The Morgan fingerprint density at radius 2 is 2.18 bits per heavy atom. The average molecular weight is 232 g/mol. The van der Waals surface area contributed by atoms with Crippen molar-refractivity contribution in [3.8, 4) is 0 Å². The third-order valence-corrected chi connectivity index (χ3v) is 1.97. The highest BCUT2D eigenvalue weighted by Gasteiger charge is 2.09. The van der Waals surface area contributed by atoms with Gasteiger partial charge in [-0.3, -0.25) is 14.9 Å². The first-order valence-electron chi connectivity index (χ1n) is 4.95. The van der Waals surface area contributed by atoms with E-state index in [1.54, 1.807) is 24.3 Å². The van der Waals surface area contributed by atoms with Crippen LogP contribution in [0.3, 0.4) is 0 Å². The monoisotopic (exact) mass is 232 g/mol. The number of amides is 1. The van der Waals surface area contributed by atoms with Crippen LogP contribution in [0.4, 0.5) is 5.69 Å². The van der Waals surface area contributed by atoms with E-state index in [2.05, 4.69) is 11.9 Å². The van der Waals surface area contributed by atoms with Crippen molar-refractivity contribution in [2.24, 2.45) is 0 Å². The molecular formula is C12H12N2O3. The van der Waals surface area contributed by atoms with Crippen molar-refractivity contribution in [1.29, 1.82) is 0 Å². The SMILES string of the molecule is C=CCNC(=O)/C=C/c1ccccc1[N+](=O)[O-]. The normalized spacial score (nSPS) is 10.1. The number of carbonyl (C=O) groups is 1. The summed E-state index contributed by atoms with van der Waals surface area (Å²) in [5.74, 6) is -0.317. The summed E-state index contributed by atoms with van der Waals surface area (Å²) in [6, 6.07) is 6.22. The lowest BCUT2D eigenvalue weighted by Crippen LogP contribution is -2.20. The number of hydrogen-bond donors (Lipinski definition) is 1. The van der Waals surface area contributed by atoms with Crippen LogP contribution in [-0.4, -0.2) is 17.4 Å². The van der Waals surface area contributed by atoms with Gasteiger partial charge >= 0.3 is 0 Å². The Hall–Kier alpha value is -2.43. The highest BCUT2D eigenvalue weighted by atomic mass is 16.6. The summed E-state index contributed by atoms with van der Waals surface area (Å²) in [7, 11) is 0. The van der Waals surface area contributed by atoms with Crippen LogP contribution in [0.2, 0.25) is 0 Å². The maximum absolute atomic E-state index is 11.2. The van der Waals surface area contributed by atoms with Gasteiger partial charge in [-0.25, -0.2) is 0 Å². The van der Waals surface area contributed by atoms with Crippen LogP contribution in [0.5, 0.6) is 0 Å². The summed E-state index contributed by atoms with van der Waals surface area (Å²) >= 11 is 0. The fourth-order valence-electron chi connectivity index (χ4n) is 1.19. The molecule has 5 nitrogen and oxygen atoms in total. The summed E-state index contributed by atoms with van der Waals surface area (Å²) in [6.45, 7) is 3.82. The second-order valence-corrected chi connectivity index (χ2v) is 3.18. The maximum atomic E-state index is 11.2. The molecule has 0 bridgehead atoms. The van der Waals surface area contributed by atoms with Crippen LogP contribution in [0.15, 0.2) is 43.0 Å². The van der Waals surface area contributed by atoms with E-state index in [-0.39, 0.29) is 11.6 Å². The minimum absolute atomic E-state index is 0.0275. The average Bonchev–Trinajstić information content (AvgIpc) is 2.34. The molecule has 0 atom stereocenters. The van der Waals surface area contributed by atoms with Crippen molar-refractivity contribution < 1.29 is 9.72 Å². The van der Waals surface area contributed by atoms with Crippen LogP contribution in [0.1, 0.15) is 5.56 Å². The quantitative estimate of drug-likeness (QED) is 0.365. The van der Waals surface area contributed by atoms with Crippen molar-refractivity contribution in [3.05, 3.63) is 58.7 Å². The second-order valence-electron chi connectivity index (χ2n) is 3.18. The van der Waals surface area contributed by atoms with Gasteiger partial charge in [-0.15, -0.1) is 6.58 Å². The smallest absolute Gasteiger partial charge is 0.276 e. The molecule has 88 valence electrons. The van der Waals surface area contributed by atoms with Gasteiger partial charge in [0.25, 0.3) is 5.69 Å². The Morgan fingerprint density at radius 3 is 2.82 bits per heavy atom. The highest BCUT2D eigenvalue weighted by Crippen LogP contribution is 2.18. The van der Waals surface area contributed by atoms with Crippen molar-refractivity contribution in [2.45, 2.75) is 0 Å². The van der Waals surface area contributed by atoms with Crippen molar-refractivity contribution in [3.63, 3.8) is 0 Å².